The minimum Gasteiger partial charge on any atom is -0.463 e. The lowest BCUT2D eigenvalue weighted by atomic mass is 9.79. The van der Waals surface area contributed by atoms with Crippen molar-refractivity contribution in [1.29, 1.82) is 0 Å². The van der Waals surface area contributed by atoms with Gasteiger partial charge in [0.2, 0.25) is 0 Å². The fourth-order valence-corrected chi connectivity index (χ4v) is 10.0. The van der Waals surface area contributed by atoms with Crippen LogP contribution in [0, 0.1) is 47.4 Å². The van der Waals surface area contributed by atoms with Gasteiger partial charge in [0.15, 0.2) is 0 Å². The summed E-state index contributed by atoms with van der Waals surface area (Å²) in [5.74, 6) is 11.3. The first-order valence-corrected chi connectivity index (χ1v) is 33.8. The number of benzene rings is 5. The van der Waals surface area contributed by atoms with Crippen LogP contribution >= 0.6 is 77.1 Å². The third-order valence-electron chi connectivity index (χ3n) is 14.4. The highest BCUT2D eigenvalue weighted by molar-refractivity contribution is 15.0. The Balaban J connectivity index is 0.000000324. The molecule has 448 valence electrons. The maximum atomic E-state index is 11.8. The number of esters is 4. The molecule has 15 atom stereocenters. The molecule has 4 N–H and O–H groups in total. The Kier molecular flexibility index (Phi) is 30.6. The van der Waals surface area contributed by atoms with E-state index < -0.39 is 55.4 Å². The first kappa shape index (κ1) is 71.0. The van der Waals surface area contributed by atoms with E-state index in [1.165, 1.54) is 27.7 Å². The molecule has 0 unspecified atom stereocenters. The molecule has 19 heteroatoms. The third kappa shape index (κ3) is 21.4. The Hall–Kier alpha value is -4.51. The Labute approximate surface area is 537 Å². The van der Waals surface area contributed by atoms with Crippen LogP contribution in [0.3, 0.4) is 0 Å². The maximum absolute atomic E-state index is 11.8. The predicted molar refractivity (Wildman–Crippen MR) is 346 cm³/mol. The molecule has 0 saturated carbocycles. The van der Waals surface area contributed by atoms with Crippen LogP contribution in [0.2, 0.25) is 0 Å². The van der Waals surface area contributed by atoms with E-state index in [2.05, 4.69) is 76.8 Å². The van der Waals surface area contributed by atoms with Gasteiger partial charge >= 0.3 is 23.9 Å². The lowest BCUT2D eigenvalue weighted by molar-refractivity contribution is -0.231. The topological polar surface area (TPSA) is 214 Å². The zero-order chi connectivity index (χ0) is 60.0. The van der Waals surface area contributed by atoms with E-state index in [4.69, 9.17) is 33.2 Å². The van der Waals surface area contributed by atoms with E-state index in [1.807, 2.05) is 143 Å². The number of halogens is 4. The van der Waals surface area contributed by atoms with Gasteiger partial charge in [0.05, 0.1) is 18.8 Å². The number of hydrogen-bond donors (Lipinski definition) is 4. The lowest BCUT2D eigenvalue weighted by Crippen LogP contribution is -2.55. The van der Waals surface area contributed by atoms with Gasteiger partial charge in [-0.2, -0.15) is 0 Å². The van der Waals surface area contributed by atoms with E-state index in [0.29, 0.717) is 5.56 Å². The van der Waals surface area contributed by atoms with E-state index in [9.17, 15) is 39.6 Å². The van der Waals surface area contributed by atoms with Crippen molar-refractivity contribution in [2.24, 2.45) is 23.7 Å². The second-order valence-corrected chi connectivity index (χ2v) is 21.1. The van der Waals surface area contributed by atoms with Gasteiger partial charge in [-0.3, -0.25) is 19.2 Å². The molecule has 8 rings (SSSR count). The molecule has 5 aromatic carbocycles. The van der Waals surface area contributed by atoms with Crippen molar-refractivity contribution in [2.45, 2.75) is 123 Å². The average molecular weight is 1540 g/mol. The number of hydrogen-bond acceptors (Lipinski definition) is 15. The largest absolute Gasteiger partial charge is 0.463 e. The smallest absolute Gasteiger partial charge is 0.303 e. The van der Waals surface area contributed by atoms with E-state index >= 15 is 0 Å². The van der Waals surface area contributed by atoms with Gasteiger partial charge in [-0.1, -0.05) is 140 Å². The molecule has 3 aliphatic heterocycles. The minimum atomic E-state index is -1.39. The molecule has 3 aliphatic rings. The number of aliphatic hydroxyl groups is 4. The summed E-state index contributed by atoms with van der Waals surface area (Å²) in [6.07, 6.45) is -8.10. The highest BCUT2D eigenvalue weighted by Crippen LogP contribution is 2.43. The molecule has 0 amide bonds. The fourth-order valence-electron chi connectivity index (χ4n) is 9.62. The SMILES string of the molecule is CC(=O)OC[C@H]1O[C@H](c2cccc(Br)c2)[C@@H](OC(C)=O)[C@@H](C)[C@@H]1C.CC(=O)OC[C@H]1O[C@H](c2cccc(C#Cc3ccccc3)c2)[C@@H](OC(C)=O)[C@@H](C)[C@@H]1C.I.II.OC[C@H]1O[C@H](c2cccc(C#Cc3ccccc3)c2)[C@@H](O)[C@@H](O)[C@@H]1O.[HH]. The Morgan fingerprint density at radius 1 is 0.482 bits per heavy atom. The van der Waals surface area contributed by atoms with E-state index in [1.54, 1.807) is 18.2 Å². The van der Waals surface area contributed by atoms with Gasteiger partial charge in [-0.25, -0.2) is 0 Å². The average Bonchev–Trinajstić information content (AvgIpc) is 1.82. The van der Waals surface area contributed by atoms with Crippen LogP contribution in [0.5, 0.6) is 0 Å². The molecule has 0 aliphatic carbocycles. The molecule has 0 radical (unpaired) electrons. The number of ether oxygens (including phenoxy) is 7. The minimum absolute atomic E-state index is 0. The van der Waals surface area contributed by atoms with Crippen LogP contribution in [0.15, 0.2) is 138 Å². The Morgan fingerprint density at radius 2 is 0.843 bits per heavy atom. The molecule has 3 saturated heterocycles. The van der Waals surface area contributed by atoms with Gasteiger partial charge in [0, 0.05) is 105 Å². The van der Waals surface area contributed by atoms with Gasteiger partial charge in [-0.05, 0) is 89.2 Å². The van der Waals surface area contributed by atoms with Gasteiger partial charge in [-0.15, -0.1) is 24.0 Å². The van der Waals surface area contributed by atoms with E-state index in [0.717, 1.165) is 37.9 Å². The maximum Gasteiger partial charge on any atom is 0.303 e. The first-order chi connectivity index (χ1) is 39.2. The lowest BCUT2D eigenvalue weighted by Gasteiger charge is -2.44. The van der Waals surface area contributed by atoms with Crippen LogP contribution < -0.4 is 0 Å². The highest BCUT2D eigenvalue weighted by atomic mass is 128. The summed E-state index contributed by atoms with van der Waals surface area (Å²) in [7, 11) is 0. The van der Waals surface area contributed by atoms with Crippen LogP contribution in [0.4, 0.5) is 0 Å². The molecule has 0 aromatic heterocycles. The first-order valence-electron chi connectivity index (χ1n) is 26.7. The van der Waals surface area contributed by atoms with Crippen LogP contribution in [0.25, 0.3) is 0 Å². The van der Waals surface area contributed by atoms with Crippen LogP contribution in [0.1, 0.15) is 114 Å². The highest BCUT2D eigenvalue weighted by Gasteiger charge is 2.47. The summed E-state index contributed by atoms with van der Waals surface area (Å²) in [6, 6.07) is 42.0. The van der Waals surface area contributed by atoms with Gasteiger partial charge in [0.1, 0.15) is 68.1 Å². The van der Waals surface area contributed by atoms with Crippen LogP contribution in [-0.2, 0) is 52.3 Å². The Morgan fingerprint density at radius 3 is 1.23 bits per heavy atom. The molecule has 0 spiro atoms. The molecular weight excluding hydrogens is 1470 g/mol. The van der Waals surface area contributed by atoms with E-state index in [-0.39, 0.29) is 104 Å². The number of carbonyl (C=O) groups excluding carboxylic acids is 4. The summed E-state index contributed by atoms with van der Waals surface area (Å²) >= 11 is 7.70. The van der Waals surface area contributed by atoms with Crippen molar-refractivity contribution < 1.29 is 74.2 Å². The van der Waals surface area contributed by atoms with Crippen LogP contribution in [-0.4, -0.2) is 113 Å². The normalized spacial score (nSPS) is 26.8. The zero-order valence-corrected chi connectivity index (χ0v) is 55.5. The monoisotopic (exact) mass is 1540 g/mol. The molecular formula is C64H74BrI3O15. The molecule has 3 fully saturated rings. The number of aliphatic hydroxyl groups excluding tert-OH is 4. The van der Waals surface area contributed by atoms with Crippen molar-refractivity contribution in [1.82, 2.24) is 0 Å². The summed E-state index contributed by atoms with van der Waals surface area (Å²) in [5.41, 5.74) is 5.81. The second kappa shape index (κ2) is 35.8. The number of rotatable bonds is 10. The van der Waals surface area contributed by atoms with Crippen molar-refractivity contribution in [2.75, 3.05) is 19.8 Å². The molecule has 83 heavy (non-hydrogen) atoms. The second-order valence-electron chi connectivity index (χ2n) is 20.2. The molecule has 5 aromatic rings. The summed E-state index contributed by atoms with van der Waals surface area (Å²) in [6.45, 7) is 13.6. The molecule has 3 heterocycles. The van der Waals surface area contributed by atoms with Crippen molar-refractivity contribution in [3.05, 3.63) is 177 Å². The molecule has 15 nitrogen and oxygen atoms in total. The zero-order valence-electron chi connectivity index (χ0n) is 47.3. The van der Waals surface area contributed by atoms with Crippen molar-refractivity contribution in [3.8, 4) is 23.7 Å². The summed E-state index contributed by atoms with van der Waals surface area (Å²) in [4.78, 5) is 45.8. The number of carbonyl (C=O) groups is 4. The van der Waals surface area contributed by atoms with Crippen molar-refractivity contribution >= 4 is 101 Å². The Bertz CT molecular complexity index is 2990. The molecule has 0 bridgehead atoms. The predicted octanol–water partition coefficient (Wildman–Crippen LogP) is 11.2. The van der Waals surface area contributed by atoms with Crippen molar-refractivity contribution in [3.63, 3.8) is 0 Å². The summed E-state index contributed by atoms with van der Waals surface area (Å²) < 4.78 is 40.6. The quantitative estimate of drug-likeness (QED) is 0.0443. The summed E-state index contributed by atoms with van der Waals surface area (Å²) in [5, 5.41) is 39.3. The third-order valence-corrected chi connectivity index (χ3v) is 14.9. The standard InChI is InChI=1S/C26H28O5.C20H20O5.C18H23BrO5.I2.HI.H2/c1-17-18(2)25(30-20(4)28)26(31-24(17)16-29-19(3)27)23-12-8-11-22(15-23)14-13-21-9-6-5-7-10-21;21-12-16-17(22)18(23)19(24)20(25-16)15-8-4-7-14(11-15)10-9-13-5-2-1-3-6-13;1-10-11(2)17(23-13(4)21)18(14-6-5-7-15(19)8-14)24-16(10)9-22-12(3)20;1-2;;/h5-12,15,17-18,24-26H,16H2,1-4H3;1-8,11,16-24H,12H2;5-8,10-11,16-18H,9H2,1-4H3;;2*1H/t17-,18-,24+,25-,26+;16-,17-,18+,19+,20-;10-,11-,16+,17-,18+;;;/m010.../s1. The van der Waals surface area contributed by atoms with Gasteiger partial charge < -0.3 is 53.6 Å². The van der Waals surface area contributed by atoms with Gasteiger partial charge in [0.25, 0.3) is 0 Å². The fraction of sp³-hybridized carbons (Fsp3) is 0.406.